The molecule has 4 rings (SSSR count). The highest BCUT2D eigenvalue weighted by molar-refractivity contribution is 5.91. The van der Waals surface area contributed by atoms with Crippen LogP contribution >= 0.6 is 0 Å². The second-order valence-electron chi connectivity index (χ2n) is 13.9. The van der Waals surface area contributed by atoms with Crippen LogP contribution in [0.4, 0.5) is 0 Å². The smallest absolute Gasteiger partial charge is 0.338 e. The second-order valence-corrected chi connectivity index (χ2v) is 13.9. The summed E-state index contributed by atoms with van der Waals surface area (Å²) in [6, 6.07) is 28.5. The third-order valence-electron chi connectivity index (χ3n) is 9.09. The van der Waals surface area contributed by atoms with Crippen LogP contribution in [0.3, 0.4) is 0 Å². The van der Waals surface area contributed by atoms with Gasteiger partial charge in [-0.2, -0.15) is 0 Å². The van der Waals surface area contributed by atoms with E-state index in [1.807, 2.05) is 78.9 Å². The summed E-state index contributed by atoms with van der Waals surface area (Å²) in [4.78, 5) is 12.7. The Bertz CT molecular complexity index is 1790. The molecule has 0 spiro atoms. The van der Waals surface area contributed by atoms with E-state index in [4.69, 9.17) is 71.1 Å². The average Bonchev–Trinajstić information content (AvgIpc) is 3.34. The first kappa shape index (κ1) is 52.6. The van der Waals surface area contributed by atoms with E-state index in [-0.39, 0.29) is 56.7 Å². The molecule has 0 unspecified atom stereocenters. The van der Waals surface area contributed by atoms with E-state index >= 15 is 0 Å². The highest BCUT2D eigenvalue weighted by Gasteiger charge is 2.20. The summed E-state index contributed by atoms with van der Waals surface area (Å²) in [6.07, 6.45) is 0. The molecular formula is C49H66O16. The normalized spacial score (nSPS) is 11.1. The summed E-state index contributed by atoms with van der Waals surface area (Å²) in [5, 5.41) is 0. The fraction of sp³-hybridized carbons (Fsp3) is 0.490. The molecule has 0 saturated carbocycles. The highest BCUT2D eigenvalue weighted by Crippen LogP contribution is 2.39. The summed E-state index contributed by atoms with van der Waals surface area (Å²) in [6.45, 7) is 7.69. The van der Waals surface area contributed by atoms with Gasteiger partial charge in [0.1, 0.15) is 31.3 Å². The van der Waals surface area contributed by atoms with Gasteiger partial charge in [-0.3, -0.25) is 0 Å². The molecule has 0 aliphatic rings. The minimum absolute atomic E-state index is 0.156. The summed E-state index contributed by atoms with van der Waals surface area (Å²) in [5.74, 6) is 1.89. The topological polar surface area (TPSA) is 156 Å². The van der Waals surface area contributed by atoms with Crippen molar-refractivity contribution in [2.45, 2.75) is 19.8 Å². The number of benzene rings is 4. The van der Waals surface area contributed by atoms with E-state index < -0.39 is 5.97 Å². The standard InChI is InChI=1S/C49H66O16/c1-51-44-13-9-41(10-14-44)38-61-27-24-55-18-21-58-30-33-64-47-36-43(49(50)53-3)35-46(63-32-29-57-20-17-54-23-26-60-37-40-7-5-4-6-8-40)48(47)65-34-31-59-22-19-56-25-28-62-39-42-11-15-45(52-2)16-12-42/h4-16,35-36H,17-34,37-39H2,1-3H3. The summed E-state index contributed by atoms with van der Waals surface area (Å²) < 4.78 is 84.9. The lowest BCUT2D eigenvalue weighted by Crippen LogP contribution is -2.16. The van der Waals surface area contributed by atoms with Crippen LogP contribution in [-0.2, 0) is 67.2 Å². The van der Waals surface area contributed by atoms with Crippen molar-refractivity contribution < 1.29 is 75.8 Å². The van der Waals surface area contributed by atoms with Gasteiger partial charge >= 0.3 is 5.97 Å². The molecule has 16 heteroatoms. The largest absolute Gasteiger partial charge is 0.497 e. The number of ether oxygens (including phenoxy) is 15. The van der Waals surface area contributed by atoms with Gasteiger partial charge in [0.05, 0.1) is 146 Å². The molecule has 0 amide bonds. The molecule has 0 bridgehead atoms. The van der Waals surface area contributed by atoms with Gasteiger partial charge in [0.25, 0.3) is 0 Å². The molecule has 0 N–H and O–H groups in total. The Hall–Kier alpha value is -5.01. The maximum Gasteiger partial charge on any atom is 0.338 e. The third kappa shape index (κ3) is 23.1. The van der Waals surface area contributed by atoms with Crippen LogP contribution in [0.15, 0.2) is 91.0 Å². The van der Waals surface area contributed by atoms with Crippen molar-refractivity contribution in [2.75, 3.05) is 140 Å². The first-order valence-electron chi connectivity index (χ1n) is 21.7. The lowest BCUT2D eigenvalue weighted by atomic mass is 10.2. The predicted molar refractivity (Wildman–Crippen MR) is 241 cm³/mol. The molecule has 65 heavy (non-hydrogen) atoms. The number of esters is 1. The zero-order valence-corrected chi connectivity index (χ0v) is 38.0. The van der Waals surface area contributed by atoms with Crippen LogP contribution in [0.25, 0.3) is 0 Å². The molecular weight excluding hydrogens is 845 g/mol. The van der Waals surface area contributed by atoms with Gasteiger partial charge in [-0.05, 0) is 53.1 Å². The van der Waals surface area contributed by atoms with E-state index in [9.17, 15) is 4.79 Å². The van der Waals surface area contributed by atoms with Crippen LogP contribution in [0.2, 0.25) is 0 Å². The molecule has 0 aliphatic carbocycles. The molecule has 4 aromatic rings. The molecule has 0 fully saturated rings. The number of carbonyl (C=O) groups is 1. The van der Waals surface area contributed by atoms with Gasteiger partial charge in [0.2, 0.25) is 5.75 Å². The Balaban J connectivity index is 1.17. The van der Waals surface area contributed by atoms with Gasteiger partial charge in [-0.15, -0.1) is 0 Å². The van der Waals surface area contributed by atoms with Crippen molar-refractivity contribution in [1.29, 1.82) is 0 Å². The van der Waals surface area contributed by atoms with E-state index in [2.05, 4.69) is 0 Å². The van der Waals surface area contributed by atoms with E-state index in [1.54, 1.807) is 26.4 Å². The molecule has 0 saturated heterocycles. The zero-order valence-electron chi connectivity index (χ0n) is 38.0. The van der Waals surface area contributed by atoms with Crippen molar-refractivity contribution in [3.63, 3.8) is 0 Å². The lowest BCUT2D eigenvalue weighted by molar-refractivity contribution is 0.00366. The van der Waals surface area contributed by atoms with Crippen LogP contribution in [0.1, 0.15) is 27.0 Å². The van der Waals surface area contributed by atoms with Crippen LogP contribution in [-0.4, -0.2) is 146 Å². The Labute approximate surface area is 383 Å². The molecule has 4 aromatic carbocycles. The predicted octanol–water partition coefficient (Wildman–Crippen LogP) is 6.38. The first-order valence-corrected chi connectivity index (χ1v) is 21.7. The summed E-state index contributed by atoms with van der Waals surface area (Å²) in [5.41, 5.74) is 3.44. The Morgan fingerprint density at radius 3 is 1.05 bits per heavy atom. The van der Waals surface area contributed by atoms with Crippen molar-refractivity contribution in [2.24, 2.45) is 0 Å². The molecule has 0 atom stereocenters. The van der Waals surface area contributed by atoms with Crippen LogP contribution in [0.5, 0.6) is 28.7 Å². The van der Waals surface area contributed by atoms with Gasteiger partial charge < -0.3 is 71.1 Å². The van der Waals surface area contributed by atoms with Gasteiger partial charge in [0, 0.05) is 0 Å². The van der Waals surface area contributed by atoms with Crippen molar-refractivity contribution in [3.05, 3.63) is 113 Å². The lowest BCUT2D eigenvalue weighted by Gasteiger charge is -2.18. The Kier molecular flexibility index (Phi) is 27.8. The Morgan fingerprint density at radius 2 is 0.692 bits per heavy atom. The Morgan fingerprint density at radius 1 is 0.369 bits per heavy atom. The fourth-order valence-corrected chi connectivity index (χ4v) is 5.70. The number of hydrogen-bond donors (Lipinski definition) is 0. The molecule has 0 radical (unpaired) electrons. The van der Waals surface area contributed by atoms with Gasteiger partial charge in [-0.1, -0.05) is 54.6 Å². The van der Waals surface area contributed by atoms with Crippen molar-refractivity contribution in [3.8, 4) is 28.7 Å². The highest BCUT2D eigenvalue weighted by atomic mass is 16.6. The maximum atomic E-state index is 12.7. The summed E-state index contributed by atoms with van der Waals surface area (Å²) in [7, 11) is 4.58. The zero-order chi connectivity index (χ0) is 45.8. The maximum absolute atomic E-state index is 12.7. The number of hydrogen-bond acceptors (Lipinski definition) is 16. The van der Waals surface area contributed by atoms with E-state index in [0.717, 1.165) is 28.2 Å². The van der Waals surface area contributed by atoms with Gasteiger partial charge in [-0.25, -0.2) is 4.79 Å². The minimum atomic E-state index is -0.566. The van der Waals surface area contributed by atoms with Crippen molar-refractivity contribution in [1.82, 2.24) is 0 Å². The molecule has 0 heterocycles. The monoisotopic (exact) mass is 910 g/mol. The molecule has 358 valence electrons. The van der Waals surface area contributed by atoms with Crippen LogP contribution < -0.4 is 23.7 Å². The number of methoxy groups -OCH3 is 3. The average molecular weight is 911 g/mol. The molecule has 0 aromatic heterocycles. The quantitative estimate of drug-likeness (QED) is 0.0359. The molecule has 16 nitrogen and oxygen atoms in total. The van der Waals surface area contributed by atoms with E-state index in [1.165, 1.54) is 7.11 Å². The number of rotatable bonds is 39. The van der Waals surface area contributed by atoms with Gasteiger partial charge in [0.15, 0.2) is 11.5 Å². The summed E-state index contributed by atoms with van der Waals surface area (Å²) >= 11 is 0. The van der Waals surface area contributed by atoms with E-state index in [0.29, 0.717) is 105 Å². The third-order valence-corrected chi connectivity index (χ3v) is 9.09. The first-order chi connectivity index (χ1) is 32.1. The number of carbonyl (C=O) groups excluding carboxylic acids is 1. The van der Waals surface area contributed by atoms with Crippen molar-refractivity contribution >= 4 is 5.97 Å². The SMILES string of the molecule is COC(=O)c1cc(OCCOCCOCCOCc2ccccc2)c(OCCOCCOCCOCc2ccc(OC)cc2)c(OCCOCCOCCOCc2ccc(OC)cc2)c1. The van der Waals surface area contributed by atoms with Crippen LogP contribution in [0, 0.1) is 0 Å². The molecule has 0 aliphatic heterocycles. The minimum Gasteiger partial charge on any atom is -0.497 e. The fourth-order valence-electron chi connectivity index (χ4n) is 5.70. The second kappa shape index (κ2) is 34.4.